The van der Waals surface area contributed by atoms with E-state index < -0.39 is 5.82 Å². The second kappa shape index (κ2) is 8.35. The number of rotatable bonds is 6. The summed E-state index contributed by atoms with van der Waals surface area (Å²) in [6.07, 6.45) is 0.644. The summed E-state index contributed by atoms with van der Waals surface area (Å²) in [4.78, 5) is 28.3. The molecule has 1 heterocycles. The smallest absolute Gasteiger partial charge is 0.257 e. The fourth-order valence-electron chi connectivity index (χ4n) is 2.27. The number of nitrogens with one attached hydrogen (secondary N) is 2. The van der Waals surface area contributed by atoms with E-state index in [2.05, 4.69) is 15.6 Å². The molecule has 0 unspecified atom stereocenters. The Hall–Kier alpha value is -3.06. The quantitative estimate of drug-likeness (QED) is 0.687. The van der Waals surface area contributed by atoms with Crippen LogP contribution in [-0.2, 0) is 11.2 Å². The number of thiazole rings is 1. The zero-order valence-electron chi connectivity index (χ0n) is 13.7. The molecule has 0 saturated carbocycles. The number of halogens is 1. The number of carbonyl (C=O) groups excluding carboxylic acids is 2. The molecule has 2 amide bonds. The zero-order valence-corrected chi connectivity index (χ0v) is 14.6. The minimum Gasteiger partial charge on any atom is -0.326 e. The van der Waals surface area contributed by atoms with Crippen molar-refractivity contribution in [2.24, 2.45) is 0 Å². The highest BCUT2D eigenvalue weighted by Crippen LogP contribution is 2.18. The molecular formula is C19H16FN3O2S. The summed E-state index contributed by atoms with van der Waals surface area (Å²) in [5, 5.41) is 7.67. The molecule has 132 valence electrons. The predicted molar refractivity (Wildman–Crippen MR) is 99.9 cm³/mol. The lowest BCUT2D eigenvalue weighted by molar-refractivity contribution is -0.116. The molecule has 0 aliphatic heterocycles. The molecule has 3 aromatic rings. The maximum atomic E-state index is 13.1. The first-order chi connectivity index (χ1) is 12.6. The molecule has 0 saturated heterocycles. The van der Waals surface area contributed by atoms with E-state index >= 15 is 0 Å². The highest BCUT2D eigenvalue weighted by molar-refractivity contribution is 7.14. The van der Waals surface area contributed by atoms with Gasteiger partial charge in [0.25, 0.3) is 5.91 Å². The third kappa shape index (κ3) is 4.97. The normalized spacial score (nSPS) is 10.3. The van der Waals surface area contributed by atoms with Crippen molar-refractivity contribution in [3.63, 3.8) is 0 Å². The topological polar surface area (TPSA) is 71.1 Å². The van der Waals surface area contributed by atoms with Crippen LogP contribution in [0.3, 0.4) is 0 Å². The lowest BCUT2D eigenvalue weighted by Crippen LogP contribution is -2.13. The Morgan fingerprint density at radius 2 is 1.85 bits per heavy atom. The van der Waals surface area contributed by atoms with Crippen LogP contribution in [-0.4, -0.2) is 16.8 Å². The largest absolute Gasteiger partial charge is 0.326 e. The first-order valence-electron chi connectivity index (χ1n) is 7.96. The zero-order chi connectivity index (χ0) is 18.4. The third-order valence-electron chi connectivity index (χ3n) is 3.52. The summed E-state index contributed by atoms with van der Waals surface area (Å²) >= 11 is 1.31. The first-order valence-corrected chi connectivity index (χ1v) is 8.84. The molecule has 3 rings (SSSR count). The van der Waals surface area contributed by atoms with Crippen molar-refractivity contribution >= 4 is 34.0 Å². The van der Waals surface area contributed by atoms with Crippen molar-refractivity contribution < 1.29 is 14.0 Å². The van der Waals surface area contributed by atoms with Crippen LogP contribution in [0.2, 0.25) is 0 Å². The fourth-order valence-corrected chi connectivity index (χ4v) is 3.01. The molecule has 0 fully saturated rings. The molecule has 1 aromatic heterocycles. The molecular weight excluding hydrogens is 353 g/mol. The summed E-state index contributed by atoms with van der Waals surface area (Å²) in [7, 11) is 0. The van der Waals surface area contributed by atoms with Crippen molar-refractivity contribution in [1.82, 2.24) is 4.98 Å². The Morgan fingerprint density at radius 3 is 2.62 bits per heavy atom. The van der Waals surface area contributed by atoms with Gasteiger partial charge in [-0.25, -0.2) is 9.37 Å². The van der Waals surface area contributed by atoms with Gasteiger partial charge < -0.3 is 5.32 Å². The number of nitrogens with zero attached hydrogens (tertiary/aromatic N) is 1. The number of aryl methyl sites for hydroxylation is 1. The standard InChI is InChI=1S/C19H16FN3O2S/c20-14-7-4-8-15(11-14)21-17(24)10-9-16-12-26-19(22-16)23-18(25)13-5-2-1-3-6-13/h1-8,11-12H,9-10H2,(H,21,24)(H,22,23,25). The van der Waals surface area contributed by atoms with Crippen LogP contribution in [0.1, 0.15) is 22.5 Å². The molecule has 0 bridgehead atoms. The summed E-state index contributed by atoms with van der Waals surface area (Å²) in [6, 6.07) is 14.6. The van der Waals surface area contributed by atoms with Crippen LogP contribution in [0.4, 0.5) is 15.2 Å². The predicted octanol–water partition coefficient (Wildman–Crippen LogP) is 4.11. The lowest BCUT2D eigenvalue weighted by atomic mass is 10.2. The average molecular weight is 369 g/mol. The number of carbonyl (C=O) groups is 2. The number of hydrogen-bond donors (Lipinski definition) is 2. The first kappa shape index (κ1) is 17.8. The number of amides is 2. The molecule has 2 aromatic carbocycles. The van der Waals surface area contributed by atoms with Gasteiger partial charge in [-0.05, 0) is 36.8 Å². The van der Waals surface area contributed by atoms with Gasteiger partial charge in [0.2, 0.25) is 5.91 Å². The molecule has 0 spiro atoms. The van der Waals surface area contributed by atoms with Crippen LogP contribution >= 0.6 is 11.3 Å². The van der Waals surface area contributed by atoms with Gasteiger partial charge >= 0.3 is 0 Å². The van der Waals surface area contributed by atoms with Crippen LogP contribution in [0.5, 0.6) is 0 Å². The highest BCUT2D eigenvalue weighted by atomic mass is 32.1. The molecule has 0 radical (unpaired) electrons. The van der Waals surface area contributed by atoms with E-state index in [0.717, 1.165) is 0 Å². The maximum absolute atomic E-state index is 13.1. The summed E-state index contributed by atoms with van der Waals surface area (Å²) in [5.41, 5.74) is 1.69. The Morgan fingerprint density at radius 1 is 1.04 bits per heavy atom. The van der Waals surface area contributed by atoms with Crippen LogP contribution in [0, 0.1) is 5.82 Å². The minimum absolute atomic E-state index is 0.215. The SMILES string of the molecule is O=C(CCc1csc(NC(=O)c2ccccc2)n1)Nc1cccc(F)c1. The van der Waals surface area contributed by atoms with Crippen molar-refractivity contribution in [3.8, 4) is 0 Å². The summed E-state index contributed by atoms with van der Waals surface area (Å²) in [6.45, 7) is 0. The average Bonchev–Trinajstić information content (AvgIpc) is 3.08. The van der Waals surface area contributed by atoms with E-state index in [-0.39, 0.29) is 18.2 Å². The van der Waals surface area contributed by atoms with Crippen LogP contribution in [0.15, 0.2) is 60.0 Å². The van der Waals surface area contributed by atoms with Gasteiger partial charge in [0.15, 0.2) is 5.13 Å². The third-order valence-corrected chi connectivity index (χ3v) is 4.33. The summed E-state index contributed by atoms with van der Waals surface area (Å²) in [5.74, 6) is -0.852. The van der Waals surface area contributed by atoms with E-state index in [1.54, 1.807) is 35.7 Å². The molecule has 0 aliphatic carbocycles. The van der Waals surface area contributed by atoms with Gasteiger partial charge in [-0.1, -0.05) is 24.3 Å². The van der Waals surface area contributed by atoms with Crippen molar-refractivity contribution in [2.45, 2.75) is 12.8 Å². The van der Waals surface area contributed by atoms with E-state index in [0.29, 0.717) is 28.5 Å². The van der Waals surface area contributed by atoms with Crippen molar-refractivity contribution in [2.75, 3.05) is 10.6 Å². The summed E-state index contributed by atoms with van der Waals surface area (Å²) < 4.78 is 13.1. The van der Waals surface area contributed by atoms with Gasteiger partial charge in [0.05, 0.1) is 5.69 Å². The number of aromatic nitrogens is 1. The van der Waals surface area contributed by atoms with Crippen molar-refractivity contribution in [3.05, 3.63) is 77.1 Å². The number of benzene rings is 2. The Bertz CT molecular complexity index is 912. The van der Waals surface area contributed by atoms with Crippen molar-refractivity contribution in [1.29, 1.82) is 0 Å². The molecule has 26 heavy (non-hydrogen) atoms. The Balaban J connectivity index is 1.50. The van der Waals surface area contributed by atoms with Gasteiger partial charge in [-0.15, -0.1) is 11.3 Å². The second-order valence-corrected chi connectivity index (χ2v) is 6.38. The molecule has 2 N–H and O–H groups in total. The van der Waals surface area contributed by atoms with Gasteiger partial charge in [0.1, 0.15) is 5.82 Å². The van der Waals surface area contributed by atoms with E-state index in [1.165, 1.54) is 29.5 Å². The van der Waals surface area contributed by atoms with Crippen LogP contribution < -0.4 is 10.6 Å². The molecule has 7 heteroatoms. The minimum atomic E-state index is -0.402. The molecule has 5 nitrogen and oxygen atoms in total. The van der Waals surface area contributed by atoms with E-state index in [1.807, 2.05) is 6.07 Å². The lowest BCUT2D eigenvalue weighted by Gasteiger charge is -2.04. The van der Waals surface area contributed by atoms with Gasteiger partial charge in [0, 0.05) is 23.1 Å². The Kier molecular flexibility index (Phi) is 5.70. The van der Waals surface area contributed by atoms with Gasteiger partial charge in [-0.3, -0.25) is 14.9 Å². The molecule has 0 atom stereocenters. The highest BCUT2D eigenvalue weighted by Gasteiger charge is 2.10. The number of hydrogen-bond acceptors (Lipinski definition) is 4. The van der Waals surface area contributed by atoms with E-state index in [4.69, 9.17) is 0 Å². The number of anilines is 2. The second-order valence-electron chi connectivity index (χ2n) is 5.52. The monoisotopic (exact) mass is 369 g/mol. The van der Waals surface area contributed by atoms with Gasteiger partial charge in [-0.2, -0.15) is 0 Å². The fraction of sp³-hybridized carbons (Fsp3) is 0.105. The molecule has 0 aliphatic rings. The maximum Gasteiger partial charge on any atom is 0.257 e. The van der Waals surface area contributed by atoms with Crippen LogP contribution in [0.25, 0.3) is 0 Å². The van der Waals surface area contributed by atoms with E-state index in [9.17, 15) is 14.0 Å². The Labute approximate surface area is 153 Å².